The molecule has 2 N–H and O–H groups in total. The van der Waals surface area contributed by atoms with Gasteiger partial charge in [-0.05, 0) is 57.9 Å². The summed E-state index contributed by atoms with van der Waals surface area (Å²) >= 11 is 2.96. The summed E-state index contributed by atoms with van der Waals surface area (Å²) in [5, 5.41) is 14.7. The number of nitrogens with zero attached hydrogens (tertiary/aromatic N) is 2. The Morgan fingerprint density at radius 2 is 2.19 bits per heavy atom. The molecule has 3 heterocycles. The Morgan fingerprint density at radius 1 is 1.44 bits per heavy atom. The molecule has 1 aromatic carbocycles. The number of aliphatic hydroxyl groups excluding tert-OH is 1. The van der Waals surface area contributed by atoms with E-state index in [9.17, 15) is 14.3 Å². The third-order valence-electron chi connectivity index (χ3n) is 5.13. The van der Waals surface area contributed by atoms with Gasteiger partial charge in [0.1, 0.15) is 27.7 Å². The first kappa shape index (κ1) is 22.7. The Bertz CT molecular complexity index is 1180. The lowest BCUT2D eigenvalue weighted by atomic mass is 9.97. The van der Waals surface area contributed by atoms with Gasteiger partial charge in [0.15, 0.2) is 0 Å². The first-order chi connectivity index (χ1) is 15.1. The van der Waals surface area contributed by atoms with E-state index in [1.165, 1.54) is 40.9 Å². The summed E-state index contributed by atoms with van der Waals surface area (Å²) < 4.78 is 20.2. The predicted molar refractivity (Wildman–Crippen MR) is 128 cm³/mol. The van der Waals surface area contributed by atoms with Gasteiger partial charge in [0.2, 0.25) is 0 Å². The maximum Gasteiger partial charge on any atom is 0.410 e. The number of fused-ring (bicyclic) bond motifs is 2. The standard InChI is InChI=1S/C23H26FN3O3S2/c1-6-18(28)26-21-19(20-25-15-10-13(24)7-8-16(15)31-20)14-9-12(2)27(11-17(14)32-21)22(29)30-23(3,4)5/h6-8,10,12,18,26,28H,1,9,11H2,2-5H3. The number of thiophene rings is 1. The van der Waals surface area contributed by atoms with Crippen molar-refractivity contribution in [3.05, 3.63) is 47.1 Å². The fraction of sp³-hybridized carbons (Fsp3) is 0.391. The highest BCUT2D eigenvalue weighted by molar-refractivity contribution is 7.22. The van der Waals surface area contributed by atoms with E-state index in [-0.39, 0.29) is 18.0 Å². The molecule has 170 valence electrons. The van der Waals surface area contributed by atoms with Crippen molar-refractivity contribution in [3.63, 3.8) is 0 Å². The molecular weight excluding hydrogens is 449 g/mol. The fourth-order valence-electron chi connectivity index (χ4n) is 3.67. The SMILES string of the molecule is C=CC(O)Nc1sc2c(c1-c1nc3cc(F)ccc3s1)CC(C)N(C(=O)OC(C)(C)C)C2. The molecule has 32 heavy (non-hydrogen) atoms. The number of aliphatic hydroxyl groups is 1. The summed E-state index contributed by atoms with van der Waals surface area (Å²) in [6, 6.07) is 4.50. The van der Waals surface area contributed by atoms with E-state index in [1.54, 1.807) is 11.0 Å². The Morgan fingerprint density at radius 3 is 2.88 bits per heavy atom. The number of halogens is 1. The average Bonchev–Trinajstić information content (AvgIpc) is 3.25. The fourth-order valence-corrected chi connectivity index (χ4v) is 6.02. The maximum absolute atomic E-state index is 13.7. The molecule has 2 aromatic heterocycles. The molecule has 1 aliphatic rings. The first-order valence-electron chi connectivity index (χ1n) is 10.3. The lowest BCUT2D eigenvalue weighted by Crippen LogP contribution is -2.44. The first-order valence-corrected chi connectivity index (χ1v) is 12.0. The minimum absolute atomic E-state index is 0.0744. The quantitative estimate of drug-likeness (QED) is 0.371. The lowest BCUT2D eigenvalue weighted by molar-refractivity contribution is 0.0142. The Balaban J connectivity index is 1.77. The number of ether oxygens (including phenoxy) is 1. The molecule has 4 rings (SSSR count). The molecule has 2 unspecified atom stereocenters. The van der Waals surface area contributed by atoms with E-state index in [4.69, 9.17) is 4.74 Å². The number of carbonyl (C=O) groups is 1. The van der Waals surface area contributed by atoms with Gasteiger partial charge in [-0.15, -0.1) is 22.7 Å². The highest BCUT2D eigenvalue weighted by Gasteiger charge is 2.35. The number of benzene rings is 1. The van der Waals surface area contributed by atoms with Crippen molar-refractivity contribution in [2.24, 2.45) is 0 Å². The monoisotopic (exact) mass is 475 g/mol. The molecule has 1 aliphatic heterocycles. The van der Waals surface area contributed by atoms with Crippen LogP contribution >= 0.6 is 22.7 Å². The maximum atomic E-state index is 13.7. The summed E-state index contributed by atoms with van der Waals surface area (Å²) in [5.74, 6) is -0.330. The van der Waals surface area contributed by atoms with Gasteiger partial charge in [-0.25, -0.2) is 14.2 Å². The summed E-state index contributed by atoms with van der Waals surface area (Å²) in [6.07, 6.45) is 0.754. The van der Waals surface area contributed by atoms with Crippen molar-refractivity contribution in [2.45, 2.75) is 58.5 Å². The van der Waals surface area contributed by atoms with Crippen LogP contribution in [0.25, 0.3) is 20.8 Å². The van der Waals surface area contributed by atoms with Crippen LogP contribution in [0, 0.1) is 5.82 Å². The smallest absolute Gasteiger partial charge is 0.410 e. The molecule has 0 spiro atoms. The minimum Gasteiger partial charge on any atom is -0.444 e. The van der Waals surface area contributed by atoms with E-state index in [0.717, 1.165) is 30.7 Å². The zero-order valence-corrected chi connectivity index (χ0v) is 20.1. The Labute approximate surface area is 194 Å². The molecule has 0 aliphatic carbocycles. The lowest BCUT2D eigenvalue weighted by Gasteiger charge is -2.35. The molecule has 0 saturated carbocycles. The van der Waals surface area contributed by atoms with Gasteiger partial charge in [0.05, 0.1) is 16.8 Å². The summed E-state index contributed by atoms with van der Waals surface area (Å²) in [6.45, 7) is 11.6. The number of amides is 1. The normalized spacial score (nSPS) is 17.2. The van der Waals surface area contributed by atoms with Crippen LogP contribution < -0.4 is 5.32 Å². The molecule has 0 fully saturated rings. The Kier molecular flexibility index (Phi) is 6.00. The number of nitrogens with one attached hydrogen (secondary N) is 1. The van der Waals surface area contributed by atoms with E-state index in [2.05, 4.69) is 16.9 Å². The van der Waals surface area contributed by atoms with Crippen LogP contribution in [0.2, 0.25) is 0 Å². The summed E-state index contributed by atoms with van der Waals surface area (Å²) in [7, 11) is 0. The Hall–Kier alpha value is -2.49. The molecule has 0 radical (unpaired) electrons. The topological polar surface area (TPSA) is 74.7 Å². The van der Waals surface area contributed by atoms with Crippen molar-refractivity contribution in [3.8, 4) is 10.6 Å². The van der Waals surface area contributed by atoms with Crippen LogP contribution in [0.5, 0.6) is 0 Å². The number of aromatic nitrogens is 1. The molecule has 3 aromatic rings. The van der Waals surface area contributed by atoms with Gasteiger partial charge in [-0.1, -0.05) is 6.58 Å². The van der Waals surface area contributed by atoms with Crippen molar-refractivity contribution >= 4 is 44.0 Å². The summed E-state index contributed by atoms with van der Waals surface area (Å²) in [4.78, 5) is 20.2. The third kappa shape index (κ3) is 4.51. The number of carbonyl (C=O) groups excluding carboxylic acids is 1. The average molecular weight is 476 g/mol. The van der Waals surface area contributed by atoms with Crippen LogP contribution in [0.3, 0.4) is 0 Å². The second-order valence-corrected chi connectivity index (χ2v) is 11.0. The van der Waals surface area contributed by atoms with Crippen LogP contribution in [0.1, 0.15) is 38.1 Å². The number of hydrogen-bond acceptors (Lipinski definition) is 7. The highest BCUT2D eigenvalue weighted by Crippen LogP contribution is 2.47. The zero-order valence-electron chi connectivity index (χ0n) is 18.4. The highest BCUT2D eigenvalue weighted by atomic mass is 32.1. The number of anilines is 1. The van der Waals surface area contributed by atoms with E-state index in [1.807, 2.05) is 27.7 Å². The van der Waals surface area contributed by atoms with Crippen LogP contribution in [0.15, 0.2) is 30.9 Å². The molecule has 2 atom stereocenters. The second kappa shape index (κ2) is 8.46. The number of hydrogen-bond donors (Lipinski definition) is 2. The third-order valence-corrected chi connectivity index (χ3v) is 7.33. The van der Waals surface area contributed by atoms with Crippen LogP contribution in [0.4, 0.5) is 14.2 Å². The summed E-state index contributed by atoms with van der Waals surface area (Å²) in [5.41, 5.74) is 2.00. The number of rotatable bonds is 4. The van der Waals surface area contributed by atoms with Gasteiger partial charge in [-0.3, -0.25) is 0 Å². The van der Waals surface area contributed by atoms with Crippen LogP contribution in [-0.4, -0.2) is 39.0 Å². The molecular formula is C23H26FN3O3S2. The molecule has 1 amide bonds. The van der Waals surface area contributed by atoms with Crippen LogP contribution in [-0.2, 0) is 17.7 Å². The molecule has 0 bridgehead atoms. The molecule has 9 heteroatoms. The van der Waals surface area contributed by atoms with Gasteiger partial charge < -0.3 is 20.1 Å². The molecule has 0 saturated heterocycles. The molecule has 6 nitrogen and oxygen atoms in total. The van der Waals surface area contributed by atoms with Gasteiger partial charge >= 0.3 is 6.09 Å². The minimum atomic E-state index is -0.931. The van der Waals surface area contributed by atoms with Crippen molar-refractivity contribution < 1.29 is 19.0 Å². The largest absolute Gasteiger partial charge is 0.444 e. The van der Waals surface area contributed by atoms with Crippen molar-refractivity contribution in [2.75, 3.05) is 5.32 Å². The number of thiazole rings is 1. The van der Waals surface area contributed by atoms with Gasteiger partial charge in [0, 0.05) is 22.5 Å². The van der Waals surface area contributed by atoms with Gasteiger partial charge in [-0.2, -0.15) is 0 Å². The van der Waals surface area contributed by atoms with Crippen molar-refractivity contribution in [1.29, 1.82) is 0 Å². The zero-order chi connectivity index (χ0) is 23.2. The van der Waals surface area contributed by atoms with E-state index < -0.39 is 11.8 Å². The predicted octanol–water partition coefficient (Wildman–Crippen LogP) is 5.76. The van der Waals surface area contributed by atoms with Gasteiger partial charge in [0.25, 0.3) is 0 Å². The second-order valence-electron chi connectivity index (χ2n) is 8.83. The van der Waals surface area contributed by atoms with E-state index in [0.29, 0.717) is 18.5 Å². The van der Waals surface area contributed by atoms with E-state index >= 15 is 0 Å². The van der Waals surface area contributed by atoms with Crippen molar-refractivity contribution in [1.82, 2.24) is 9.88 Å².